The number of fused-ring (bicyclic) bond motifs is 1. The summed E-state index contributed by atoms with van der Waals surface area (Å²) in [4.78, 5) is 11.2. The summed E-state index contributed by atoms with van der Waals surface area (Å²) < 4.78 is 0.986. The molecule has 1 fully saturated rings. The number of nitrogens with two attached hydrogens (primary N) is 1. The van der Waals surface area contributed by atoms with Gasteiger partial charge >= 0.3 is 0 Å². The highest BCUT2D eigenvalue weighted by atomic mass is 79.9. The fraction of sp³-hybridized carbons (Fsp3) is 0.667. The van der Waals surface area contributed by atoms with E-state index in [1.165, 1.54) is 5.56 Å². The Balaban J connectivity index is 2.06. The topological polar surface area (TPSA) is 64.7 Å². The minimum Gasteiger partial charge on any atom is -0.393 e. The predicted molar refractivity (Wildman–Crippen MR) is 92.4 cm³/mol. The molecule has 0 radical (unpaired) electrons. The molecule has 1 aromatic rings. The van der Waals surface area contributed by atoms with Crippen molar-refractivity contribution in [1.29, 1.82) is 0 Å². The molecule has 0 heterocycles. The SMILES string of the molecule is CCOO[C@]1(N)c2cc(Br)ccc2CC12C[C@@H](C)C(O)[C@@H](C)C2. The van der Waals surface area contributed by atoms with Crippen molar-refractivity contribution >= 4 is 15.9 Å². The molecule has 0 bridgehead atoms. The molecule has 1 spiro atoms. The molecule has 0 aromatic heterocycles. The van der Waals surface area contributed by atoms with Gasteiger partial charge in [-0.15, -0.1) is 0 Å². The van der Waals surface area contributed by atoms with Crippen molar-refractivity contribution in [3.63, 3.8) is 0 Å². The summed E-state index contributed by atoms with van der Waals surface area (Å²) in [5.74, 6) is 0.370. The first-order valence-corrected chi connectivity index (χ1v) is 9.19. The number of benzene rings is 1. The van der Waals surface area contributed by atoms with Gasteiger partial charge < -0.3 is 5.11 Å². The zero-order chi connectivity index (χ0) is 16.8. The van der Waals surface area contributed by atoms with Crippen LogP contribution in [0.25, 0.3) is 0 Å². The van der Waals surface area contributed by atoms with Gasteiger partial charge in [-0.2, -0.15) is 0 Å². The van der Waals surface area contributed by atoms with Gasteiger partial charge in [0.2, 0.25) is 0 Å². The Bertz CT molecular complexity index is 582. The molecule has 5 heteroatoms. The van der Waals surface area contributed by atoms with Crippen LogP contribution in [0, 0.1) is 17.3 Å². The van der Waals surface area contributed by atoms with Crippen molar-refractivity contribution in [2.75, 3.05) is 6.61 Å². The fourth-order valence-corrected chi connectivity index (χ4v) is 5.04. The highest BCUT2D eigenvalue weighted by molar-refractivity contribution is 9.10. The van der Waals surface area contributed by atoms with Crippen LogP contribution in [0.4, 0.5) is 0 Å². The lowest BCUT2D eigenvalue weighted by atomic mass is 9.60. The standard InChI is InChI=1S/C18H26BrNO3/c1-4-22-23-18(20)15-7-14(19)6-5-13(15)10-17(18)8-11(2)16(21)12(3)9-17/h5-7,11-12,16,21H,4,8-10,20H2,1-3H3/t11-,12+,16?,17?,18-/m1/s1. The van der Waals surface area contributed by atoms with Crippen LogP contribution in [0.1, 0.15) is 44.7 Å². The van der Waals surface area contributed by atoms with Crippen molar-refractivity contribution in [2.45, 2.75) is 51.9 Å². The number of halogens is 1. The predicted octanol–water partition coefficient (Wildman–Crippen LogP) is 3.50. The molecular weight excluding hydrogens is 358 g/mol. The third kappa shape index (κ3) is 2.67. The van der Waals surface area contributed by atoms with Gasteiger partial charge in [-0.3, -0.25) is 5.73 Å². The summed E-state index contributed by atoms with van der Waals surface area (Å²) in [5.41, 5.74) is 7.84. The maximum atomic E-state index is 10.4. The quantitative estimate of drug-likeness (QED) is 0.476. The first kappa shape index (κ1) is 17.4. The molecule has 1 aromatic carbocycles. The van der Waals surface area contributed by atoms with Gasteiger partial charge in [0.15, 0.2) is 5.72 Å². The van der Waals surface area contributed by atoms with E-state index in [1.807, 2.05) is 19.1 Å². The number of aliphatic hydroxyl groups excluding tert-OH is 1. The van der Waals surface area contributed by atoms with Crippen LogP contribution in [0.5, 0.6) is 0 Å². The lowest BCUT2D eigenvalue weighted by Gasteiger charge is -2.50. The van der Waals surface area contributed by atoms with E-state index >= 15 is 0 Å². The van der Waals surface area contributed by atoms with Crippen LogP contribution in [-0.4, -0.2) is 17.8 Å². The summed E-state index contributed by atoms with van der Waals surface area (Å²) in [6.45, 7) is 6.54. The Morgan fingerprint density at radius 1 is 1.30 bits per heavy atom. The molecule has 128 valence electrons. The zero-order valence-electron chi connectivity index (χ0n) is 14.0. The number of aliphatic hydroxyl groups is 1. The van der Waals surface area contributed by atoms with E-state index in [2.05, 4.69) is 35.8 Å². The Morgan fingerprint density at radius 3 is 2.57 bits per heavy atom. The minimum absolute atomic E-state index is 0.185. The van der Waals surface area contributed by atoms with Crippen LogP contribution in [0.15, 0.2) is 22.7 Å². The zero-order valence-corrected chi connectivity index (χ0v) is 15.6. The lowest BCUT2D eigenvalue weighted by molar-refractivity contribution is -0.393. The van der Waals surface area contributed by atoms with Crippen molar-refractivity contribution in [3.05, 3.63) is 33.8 Å². The molecule has 2 unspecified atom stereocenters. The molecule has 3 N–H and O–H groups in total. The summed E-state index contributed by atoms with van der Waals surface area (Å²) in [5, 5.41) is 10.4. The Morgan fingerprint density at radius 2 is 1.96 bits per heavy atom. The van der Waals surface area contributed by atoms with E-state index < -0.39 is 5.72 Å². The lowest BCUT2D eigenvalue weighted by Crippen LogP contribution is -2.57. The molecule has 0 aliphatic heterocycles. The summed E-state index contributed by atoms with van der Waals surface area (Å²) in [6.07, 6.45) is 2.23. The van der Waals surface area contributed by atoms with Gasteiger partial charge in [-0.1, -0.05) is 35.8 Å². The number of hydrogen-bond donors (Lipinski definition) is 2. The summed E-state index contributed by atoms with van der Waals surface area (Å²) in [7, 11) is 0. The van der Waals surface area contributed by atoms with Crippen LogP contribution < -0.4 is 5.73 Å². The van der Waals surface area contributed by atoms with Crippen molar-refractivity contribution in [1.82, 2.24) is 0 Å². The van der Waals surface area contributed by atoms with E-state index in [0.717, 1.165) is 29.3 Å². The molecule has 4 nitrogen and oxygen atoms in total. The Labute approximate surface area is 146 Å². The first-order chi connectivity index (χ1) is 10.8. The van der Waals surface area contributed by atoms with Crippen molar-refractivity contribution < 1.29 is 14.9 Å². The van der Waals surface area contributed by atoms with Gasteiger partial charge in [0, 0.05) is 15.5 Å². The van der Waals surface area contributed by atoms with E-state index in [-0.39, 0.29) is 23.4 Å². The molecule has 23 heavy (non-hydrogen) atoms. The Kier molecular flexibility index (Phi) is 4.62. The highest BCUT2D eigenvalue weighted by Gasteiger charge is 2.61. The average Bonchev–Trinajstić information content (AvgIpc) is 2.72. The van der Waals surface area contributed by atoms with Crippen LogP contribution >= 0.6 is 15.9 Å². The second-order valence-corrected chi connectivity index (χ2v) is 8.25. The van der Waals surface area contributed by atoms with Crippen molar-refractivity contribution in [3.8, 4) is 0 Å². The molecule has 5 atom stereocenters. The van der Waals surface area contributed by atoms with Crippen LogP contribution in [0.2, 0.25) is 0 Å². The second-order valence-electron chi connectivity index (χ2n) is 7.34. The monoisotopic (exact) mass is 383 g/mol. The largest absolute Gasteiger partial charge is 0.393 e. The highest BCUT2D eigenvalue weighted by Crippen LogP contribution is 2.59. The van der Waals surface area contributed by atoms with E-state index in [9.17, 15) is 5.11 Å². The van der Waals surface area contributed by atoms with Crippen LogP contribution in [0.3, 0.4) is 0 Å². The van der Waals surface area contributed by atoms with Gasteiger partial charge in [-0.25, -0.2) is 9.78 Å². The third-order valence-electron chi connectivity index (χ3n) is 5.69. The van der Waals surface area contributed by atoms with E-state index in [1.54, 1.807) is 0 Å². The normalized spacial score (nSPS) is 39.7. The molecule has 2 aliphatic rings. The van der Waals surface area contributed by atoms with Crippen LogP contribution in [-0.2, 0) is 21.9 Å². The van der Waals surface area contributed by atoms with Gasteiger partial charge in [0.25, 0.3) is 0 Å². The molecule has 2 aliphatic carbocycles. The van der Waals surface area contributed by atoms with E-state index in [4.69, 9.17) is 15.5 Å². The molecule has 0 saturated heterocycles. The smallest absolute Gasteiger partial charge is 0.183 e. The van der Waals surface area contributed by atoms with E-state index in [0.29, 0.717) is 6.61 Å². The molecule has 3 rings (SSSR count). The Hall–Kier alpha value is -0.460. The minimum atomic E-state index is -0.981. The first-order valence-electron chi connectivity index (χ1n) is 8.39. The average molecular weight is 384 g/mol. The third-order valence-corrected chi connectivity index (χ3v) is 6.18. The second kappa shape index (κ2) is 6.12. The molecule has 0 amide bonds. The number of hydrogen-bond acceptors (Lipinski definition) is 4. The van der Waals surface area contributed by atoms with Gasteiger partial charge in [0.05, 0.1) is 12.7 Å². The maximum Gasteiger partial charge on any atom is 0.183 e. The fourth-order valence-electron chi connectivity index (χ4n) is 4.68. The summed E-state index contributed by atoms with van der Waals surface area (Å²) in [6, 6.07) is 6.21. The van der Waals surface area contributed by atoms with Gasteiger partial charge in [0.1, 0.15) is 0 Å². The number of rotatable bonds is 3. The molecule has 1 saturated carbocycles. The van der Waals surface area contributed by atoms with Crippen molar-refractivity contribution in [2.24, 2.45) is 23.0 Å². The van der Waals surface area contributed by atoms with Gasteiger partial charge in [-0.05, 0) is 55.7 Å². The summed E-state index contributed by atoms with van der Waals surface area (Å²) >= 11 is 3.54. The molecular formula is C18H26BrNO3. The maximum absolute atomic E-state index is 10.4.